The van der Waals surface area contributed by atoms with Crippen LogP contribution >= 0.6 is 0 Å². The van der Waals surface area contributed by atoms with E-state index in [1.165, 1.54) is 7.11 Å². The average molecular weight is 304 g/mol. The lowest BCUT2D eigenvalue weighted by Crippen LogP contribution is -2.23. The van der Waals surface area contributed by atoms with Gasteiger partial charge in [0.15, 0.2) is 0 Å². The van der Waals surface area contributed by atoms with Crippen LogP contribution in [-0.2, 0) is 14.3 Å². The average Bonchev–Trinajstić information content (AvgIpc) is 2.98. The van der Waals surface area contributed by atoms with Gasteiger partial charge >= 0.3 is 5.97 Å². The maximum atomic E-state index is 12.3. The van der Waals surface area contributed by atoms with Gasteiger partial charge in [-0.2, -0.15) is 0 Å². The van der Waals surface area contributed by atoms with Gasteiger partial charge in [0, 0.05) is 17.2 Å². The van der Waals surface area contributed by atoms with E-state index >= 15 is 0 Å². The normalized spacial score (nSPS) is 20.5. The Hall–Kier alpha value is -2.37. The minimum atomic E-state index is -0.540. The molecule has 0 aromatic heterocycles. The van der Waals surface area contributed by atoms with Gasteiger partial charge in [0.2, 0.25) is 11.8 Å². The fourth-order valence-electron chi connectivity index (χ4n) is 2.75. The first kappa shape index (κ1) is 16.0. The number of nitrogens with one attached hydrogen (secondary N) is 1. The van der Waals surface area contributed by atoms with Crippen LogP contribution in [0.4, 0.5) is 5.69 Å². The van der Waals surface area contributed by atoms with Crippen molar-refractivity contribution in [3.63, 3.8) is 0 Å². The highest BCUT2D eigenvalue weighted by atomic mass is 16.5. The molecule has 1 aromatic carbocycles. The zero-order chi connectivity index (χ0) is 16.3. The lowest BCUT2D eigenvalue weighted by atomic mass is 10.0. The molecular formula is C16H20N2O4. The van der Waals surface area contributed by atoms with E-state index in [2.05, 4.69) is 5.32 Å². The van der Waals surface area contributed by atoms with Gasteiger partial charge in [0.1, 0.15) is 0 Å². The molecule has 6 nitrogen and oxygen atoms in total. The first-order chi connectivity index (χ1) is 10.4. The van der Waals surface area contributed by atoms with Crippen LogP contribution in [0, 0.1) is 18.8 Å². The monoisotopic (exact) mass is 304 g/mol. The molecular weight excluding hydrogens is 284 g/mol. The summed E-state index contributed by atoms with van der Waals surface area (Å²) < 4.78 is 4.72. The minimum absolute atomic E-state index is 0.142. The predicted octanol–water partition coefficient (Wildman–Crippen LogP) is 1.62. The number of anilines is 1. The van der Waals surface area contributed by atoms with Gasteiger partial charge in [0.05, 0.1) is 13.0 Å². The summed E-state index contributed by atoms with van der Waals surface area (Å²) in [5.74, 6) is -1.38. The molecule has 0 bridgehead atoms. The van der Waals surface area contributed by atoms with E-state index in [4.69, 9.17) is 10.5 Å². The van der Waals surface area contributed by atoms with Gasteiger partial charge in [-0.3, -0.25) is 14.4 Å². The number of hydrogen-bond acceptors (Lipinski definition) is 4. The molecule has 118 valence electrons. The second-order valence-electron chi connectivity index (χ2n) is 5.61. The Labute approximate surface area is 129 Å². The van der Waals surface area contributed by atoms with Crippen molar-refractivity contribution in [1.29, 1.82) is 0 Å². The molecule has 22 heavy (non-hydrogen) atoms. The van der Waals surface area contributed by atoms with E-state index in [0.29, 0.717) is 30.5 Å². The molecule has 0 heterocycles. The molecule has 1 aromatic rings. The van der Waals surface area contributed by atoms with Crippen molar-refractivity contribution >= 4 is 23.5 Å². The molecule has 0 spiro atoms. The Bertz CT molecular complexity index is 612. The van der Waals surface area contributed by atoms with E-state index in [0.717, 1.165) is 5.56 Å². The Morgan fingerprint density at radius 3 is 2.55 bits per heavy atom. The highest BCUT2D eigenvalue weighted by Crippen LogP contribution is 2.32. The molecule has 0 aliphatic heterocycles. The molecule has 1 fully saturated rings. The standard InChI is InChI=1S/C16H20N2O4/c1-9-3-4-10(14(17)19)8-13(9)18-15(20)11-5-6-12(7-11)16(21)22-2/h3-4,8,11-12H,5-7H2,1-2H3,(H2,17,19)(H,18,20)/t11-,12+/m0/s1. The molecule has 0 saturated heterocycles. The number of aryl methyl sites for hydroxylation is 1. The molecule has 1 saturated carbocycles. The molecule has 2 amide bonds. The fraction of sp³-hybridized carbons (Fsp3) is 0.438. The zero-order valence-corrected chi connectivity index (χ0v) is 12.7. The molecule has 0 unspecified atom stereocenters. The first-order valence-corrected chi connectivity index (χ1v) is 7.21. The van der Waals surface area contributed by atoms with E-state index in [1.54, 1.807) is 18.2 Å². The third kappa shape index (κ3) is 3.44. The van der Waals surface area contributed by atoms with Crippen LogP contribution in [0.5, 0.6) is 0 Å². The lowest BCUT2D eigenvalue weighted by molar-refractivity contribution is -0.145. The first-order valence-electron chi connectivity index (χ1n) is 7.21. The number of carbonyl (C=O) groups excluding carboxylic acids is 3. The molecule has 6 heteroatoms. The number of nitrogens with two attached hydrogens (primary N) is 1. The summed E-state index contributed by atoms with van der Waals surface area (Å²) in [5, 5.41) is 2.83. The van der Waals surface area contributed by atoms with E-state index < -0.39 is 5.91 Å². The van der Waals surface area contributed by atoms with E-state index in [9.17, 15) is 14.4 Å². The second kappa shape index (κ2) is 6.60. The Morgan fingerprint density at radius 1 is 1.23 bits per heavy atom. The van der Waals surface area contributed by atoms with Crippen LogP contribution in [-0.4, -0.2) is 24.9 Å². The quantitative estimate of drug-likeness (QED) is 0.826. The summed E-state index contributed by atoms with van der Waals surface area (Å²) in [5.41, 5.74) is 7.02. The number of carbonyl (C=O) groups is 3. The second-order valence-corrected chi connectivity index (χ2v) is 5.61. The van der Waals surface area contributed by atoms with Crippen molar-refractivity contribution in [2.75, 3.05) is 12.4 Å². The maximum absolute atomic E-state index is 12.3. The topological polar surface area (TPSA) is 98.5 Å². The molecule has 2 rings (SSSR count). The van der Waals surface area contributed by atoms with Crippen LogP contribution in [0.2, 0.25) is 0 Å². The summed E-state index contributed by atoms with van der Waals surface area (Å²) in [6.07, 6.45) is 1.80. The van der Waals surface area contributed by atoms with Gasteiger partial charge in [-0.1, -0.05) is 6.07 Å². The van der Waals surface area contributed by atoms with Crippen LogP contribution < -0.4 is 11.1 Å². The maximum Gasteiger partial charge on any atom is 0.308 e. The molecule has 1 aliphatic rings. The lowest BCUT2D eigenvalue weighted by Gasteiger charge is -2.13. The van der Waals surface area contributed by atoms with Gasteiger partial charge in [-0.05, 0) is 43.9 Å². The third-order valence-electron chi connectivity index (χ3n) is 4.12. The summed E-state index contributed by atoms with van der Waals surface area (Å²) in [4.78, 5) is 35.0. The molecule has 3 N–H and O–H groups in total. The summed E-state index contributed by atoms with van der Waals surface area (Å²) in [6.45, 7) is 1.84. The van der Waals surface area contributed by atoms with E-state index in [-0.39, 0.29) is 23.7 Å². The van der Waals surface area contributed by atoms with Gasteiger partial charge in [0.25, 0.3) is 0 Å². The number of rotatable bonds is 4. The largest absolute Gasteiger partial charge is 0.469 e. The van der Waals surface area contributed by atoms with Crippen molar-refractivity contribution in [3.05, 3.63) is 29.3 Å². The number of hydrogen-bond donors (Lipinski definition) is 2. The van der Waals surface area contributed by atoms with Crippen LogP contribution in [0.3, 0.4) is 0 Å². The zero-order valence-electron chi connectivity index (χ0n) is 12.7. The van der Waals surface area contributed by atoms with Gasteiger partial charge < -0.3 is 15.8 Å². The molecule has 1 aliphatic carbocycles. The number of primary amides is 1. The van der Waals surface area contributed by atoms with Crippen molar-refractivity contribution in [3.8, 4) is 0 Å². The van der Waals surface area contributed by atoms with Crippen molar-refractivity contribution in [2.24, 2.45) is 17.6 Å². The Kier molecular flexibility index (Phi) is 4.80. The molecule has 2 atom stereocenters. The Morgan fingerprint density at radius 2 is 1.91 bits per heavy atom. The minimum Gasteiger partial charge on any atom is -0.469 e. The number of esters is 1. The smallest absolute Gasteiger partial charge is 0.308 e. The summed E-state index contributed by atoms with van der Waals surface area (Å²) in [6, 6.07) is 4.93. The highest BCUT2D eigenvalue weighted by Gasteiger charge is 2.34. The SMILES string of the molecule is COC(=O)[C@@H]1CC[C@H](C(=O)Nc2cc(C(N)=O)ccc2C)C1. The Balaban J connectivity index is 2.05. The predicted molar refractivity (Wildman–Crippen MR) is 81.2 cm³/mol. The van der Waals surface area contributed by atoms with Crippen molar-refractivity contribution in [1.82, 2.24) is 0 Å². The van der Waals surface area contributed by atoms with Crippen LogP contribution in [0.15, 0.2) is 18.2 Å². The number of amides is 2. The fourth-order valence-corrected chi connectivity index (χ4v) is 2.75. The summed E-state index contributed by atoms with van der Waals surface area (Å²) in [7, 11) is 1.36. The van der Waals surface area contributed by atoms with Gasteiger partial charge in [-0.25, -0.2) is 0 Å². The van der Waals surface area contributed by atoms with Crippen LogP contribution in [0.25, 0.3) is 0 Å². The summed E-state index contributed by atoms with van der Waals surface area (Å²) >= 11 is 0. The van der Waals surface area contributed by atoms with Gasteiger partial charge in [-0.15, -0.1) is 0 Å². The van der Waals surface area contributed by atoms with Crippen molar-refractivity contribution in [2.45, 2.75) is 26.2 Å². The number of methoxy groups -OCH3 is 1. The van der Waals surface area contributed by atoms with Crippen LogP contribution in [0.1, 0.15) is 35.2 Å². The number of benzene rings is 1. The van der Waals surface area contributed by atoms with E-state index in [1.807, 2.05) is 6.92 Å². The van der Waals surface area contributed by atoms with Crippen molar-refractivity contribution < 1.29 is 19.1 Å². The third-order valence-corrected chi connectivity index (χ3v) is 4.12. The highest BCUT2D eigenvalue weighted by molar-refractivity contribution is 5.97. The number of ether oxygens (including phenoxy) is 1. The molecule has 0 radical (unpaired) electrons.